The summed E-state index contributed by atoms with van der Waals surface area (Å²) in [5.41, 5.74) is -1.31. The maximum absolute atomic E-state index is 12.4. The van der Waals surface area contributed by atoms with Crippen LogP contribution in [0.3, 0.4) is 0 Å². The van der Waals surface area contributed by atoms with Crippen LogP contribution in [-0.2, 0) is 4.79 Å². The van der Waals surface area contributed by atoms with Crippen LogP contribution in [0.2, 0.25) is 0 Å². The van der Waals surface area contributed by atoms with Gasteiger partial charge in [-0.1, -0.05) is 6.08 Å². The van der Waals surface area contributed by atoms with E-state index in [2.05, 4.69) is 6.58 Å². The molecule has 2 saturated carbocycles. The molecule has 0 saturated heterocycles. The summed E-state index contributed by atoms with van der Waals surface area (Å²) in [5.74, 6) is -1.52. The standard InChI is InChI=1S/C11H13F3O/c1-2-9-3-5-10(7-9,6-4-9)8(15)11(12,13)14/h2H,1,3-7H2. The summed E-state index contributed by atoms with van der Waals surface area (Å²) < 4.78 is 37.2. The highest BCUT2D eigenvalue weighted by Gasteiger charge is 2.62. The van der Waals surface area contributed by atoms with Gasteiger partial charge < -0.3 is 0 Å². The molecule has 84 valence electrons. The predicted octanol–water partition coefficient (Wildman–Crippen LogP) is 3.25. The maximum Gasteiger partial charge on any atom is 0.450 e. The van der Waals surface area contributed by atoms with Gasteiger partial charge in [-0.3, -0.25) is 4.79 Å². The van der Waals surface area contributed by atoms with Crippen LogP contribution < -0.4 is 0 Å². The number of halogens is 3. The highest BCUT2D eigenvalue weighted by atomic mass is 19.4. The molecule has 2 rings (SSSR count). The van der Waals surface area contributed by atoms with Gasteiger partial charge in [0.05, 0.1) is 0 Å². The topological polar surface area (TPSA) is 17.1 Å². The molecule has 0 unspecified atom stereocenters. The molecule has 2 aliphatic carbocycles. The second-order valence-electron chi connectivity index (χ2n) is 4.85. The van der Waals surface area contributed by atoms with Crippen molar-refractivity contribution < 1.29 is 18.0 Å². The highest BCUT2D eigenvalue weighted by molar-refractivity contribution is 5.90. The smallest absolute Gasteiger partial charge is 0.289 e. The first kappa shape index (κ1) is 10.7. The van der Waals surface area contributed by atoms with E-state index in [-0.39, 0.29) is 5.41 Å². The average Bonchev–Trinajstić information content (AvgIpc) is 2.72. The minimum absolute atomic E-state index is 0.194. The molecule has 15 heavy (non-hydrogen) atoms. The average molecular weight is 218 g/mol. The van der Waals surface area contributed by atoms with Crippen LogP contribution in [0.15, 0.2) is 12.7 Å². The Kier molecular flexibility index (Phi) is 2.04. The summed E-state index contributed by atoms with van der Waals surface area (Å²) in [6.07, 6.45) is -0.486. The third-order valence-electron chi connectivity index (χ3n) is 4.07. The fourth-order valence-corrected chi connectivity index (χ4v) is 3.14. The third-order valence-corrected chi connectivity index (χ3v) is 4.07. The van der Waals surface area contributed by atoms with Crippen LogP contribution >= 0.6 is 0 Å². The molecule has 0 spiro atoms. The maximum atomic E-state index is 12.4. The fourth-order valence-electron chi connectivity index (χ4n) is 3.14. The lowest BCUT2D eigenvalue weighted by atomic mass is 9.79. The van der Waals surface area contributed by atoms with Crippen molar-refractivity contribution in [1.82, 2.24) is 0 Å². The van der Waals surface area contributed by atoms with E-state index in [1.54, 1.807) is 6.08 Å². The van der Waals surface area contributed by atoms with Crippen molar-refractivity contribution in [3.8, 4) is 0 Å². The van der Waals surface area contributed by atoms with Gasteiger partial charge in [0.15, 0.2) is 0 Å². The lowest BCUT2D eigenvalue weighted by Gasteiger charge is -2.25. The van der Waals surface area contributed by atoms with Crippen molar-refractivity contribution >= 4 is 5.78 Å². The molecular formula is C11H13F3O. The minimum Gasteiger partial charge on any atom is -0.289 e. The van der Waals surface area contributed by atoms with E-state index in [0.29, 0.717) is 32.1 Å². The number of Topliss-reactive ketones (excluding diaryl/α,β-unsaturated/α-hetero) is 1. The molecule has 0 amide bonds. The molecule has 0 aromatic carbocycles. The number of alkyl halides is 3. The minimum atomic E-state index is -4.68. The molecule has 0 atom stereocenters. The molecule has 0 aromatic rings. The first-order chi connectivity index (χ1) is 6.84. The largest absolute Gasteiger partial charge is 0.450 e. The van der Waals surface area contributed by atoms with Crippen molar-refractivity contribution in [3.63, 3.8) is 0 Å². The van der Waals surface area contributed by atoms with Gasteiger partial charge in [0, 0.05) is 5.41 Å². The number of rotatable bonds is 2. The molecular weight excluding hydrogens is 205 g/mol. The molecule has 1 nitrogen and oxygen atoms in total. The lowest BCUT2D eigenvalue weighted by molar-refractivity contribution is -0.181. The van der Waals surface area contributed by atoms with E-state index >= 15 is 0 Å². The Labute approximate surface area is 86.3 Å². The van der Waals surface area contributed by atoms with Crippen molar-refractivity contribution in [2.75, 3.05) is 0 Å². The Hall–Kier alpha value is -0.800. The van der Waals surface area contributed by atoms with Gasteiger partial charge in [-0.25, -0.2) is 0 Å². The fraction of sp³-hybridized carbons (Fsp3) is 0.727. The van der Waals surface area contributed by atoms with Crippen LogP contribution in [0.1, 0.15) is 32.1 Å². The van der Waals surface area contributed by atoms with Gasteiger partial charge >= 0.3 is 6.18 Å². The van der Waals surface area contributed by atoms with Crippen LogP contribution in [0.25, 0.3) is 0 Å². The summed E-state index contributed by atoms with van der Waals surface area (Å²) in [6.45, 7) is 3.67. The zero-order valence-electron chi connectivity index (χ0n) is 8.36. The number of ketones is 1. The molecule has 2 aliphatic rings. The molecule has 4 heteroatoms. The van der Waals surface area contributed by atoms with Gasteiger partial charge in [0.2, 0.25) is 5.78 Å². The third kappa shape index (κ3) is 1.42. The molecule has 2 bridgehead atoms. The Morgan fingerprint density at radius 3 is 2.07 bits per heavy atom. The summed E-state index contributed by atoms with van der Waals surface area (Å²) >= 11 is 0. The first-order valence-corrected chi connectivity index (χ1v) is 5.09. The van der Waals surface area contributed by atoms with Crippen molar-refractivity contribution in [3.05, 3.63) is 12.7 Å². The van der Waals surface area contributed by atoms with Gasteiger partial charge in [-0.05, 0) is 37.5 Å². The van der Waals surface area contributed by atoms with E-state index in [1.807, 2.05) is 0 Å². The zero-order chi connectivity index (χ0) is 11.3. The van der Waals surface area contributed by atoms with Gasteiger partial charge in [0.1, 0.15) is 0 Å². The molecule has 0 radical (unpaired) electrons. The van der Waals surface area contributed by atoms with Gasteiger partial charge in [-0.15, -0.1) is 6.58 Å². The quantitative estimate of drug-likeness (QED) is 0.650. The highest BCUT2D eigenvalue weighted by Crippen LogP contribution is 2.63. The van der Waals surface area contributed by atoms with Crippen molar-refractivity contribution in [2.24, 2.45) is 10.8 Å². The summed E-state index contributed by atoms with van der Waals surface area (Å²) in [6, 6.07) is 0. The number of carbonyl (C=O) groups is 1. The molecule has 0 aliphatic heterocycles. The van der Waals surface area contributed by atoms with E-state index in [9.17, 15) is 18.0 Å². The Balaban J connectivity index is 2.26. The number of hydrogen-bond acceptors (Lipinski definition) is 1. The molecule has 0 N–H and O–H groups in total. The summed E-state index contributed by atoms with van der Waals surface area (Å²) in [4.78, 5) is 11.3. The second-order valence-corrected chi connectivity index (χ2v) is 4.85. The zero-order valence-corrected chi connectivity index (χ0v) is 8.36. The van der Waals surface area contributed by atoms with E-state index in [0.717, 1.165) is 0 Å². The van der Waals surface area contributed by atoms with E-state index in [4.69, 9.17) is 0 Å². The lowest BCUT2D eigenvalue weighted by Crippen LogP contribution is -2.38. The van der Waals surface area contributed by atoms with Crippen LogP contribution in [0.5, 0.6) is 0 Å². The van der Waals surface area contributed by atoms with Crippen LogP contribution in [0.4, 0.5) is 13.2 Å². The number of hydrogen-bond donors (Lipinski definition) is 0. The Morgan fingerprint density at radius 1 is 1.20 bits per heavy atom. The van der Waals surface area contributed by atoms with Gasteiger partial charge in [-0.2, -0.15) is 13.2 Å². The van der Waals surface area contributed by atoms with Crippen LogP contribution in [-0.4, -0.2) is 12.0 Å². The predicted molar refractivity (Wildman–Crippen MR) is 49.2 cm³/mol. The normalized spacial score (nSPS) is 39.4. The van der Waals surface area contributed by atoms with Crippen LogP contribution in [0, 0.1) is 10.8 Å². The molecule has 0 heterocycles. The summed E-state index contributed by atoms with van der Waals surface area (Å²) in [5, 5.41) is 0. The molecule has 0 aromatic heterocycles. The monoisotopic (exact) mass is 218 g/mol. The van der Waals surface area contributed by atoms with Crippen molar-refractivity contribution in [2.45, 2.75) is 38.3 Å². The second kappa shape index (κ2) is 2.86. The van der Waals surface area contributed by atoms with E-state index in [1.165, 1.54) is 0 Å². The number of allylic oxidation sites excluding steroid dienone is 1. The molecule has 2 fully saturated rings. The number of carbonyl (C=O) groups excluding carboxylic acids is 1. The Bertz CT molecular complexity index is 308. The number of fused-ring (bicyclic) bond motifs is 2. The summed E-state index contributed by atoms with van der Waals surface area (Å²) in [7, 11) is 0. The van der Waals surface area contributed by atoms with Gasteiger partial charge in [0.25, 0.3) is 0 Å². The SMILES string of the molecule is C=CC12CCC(C(=O)C(F)(F)F)(CC1)C2. The first-order valence-electron chi connectivity index (χ1n) is 5.09. The van der Waals surface area contributed by atoms with E-state index < -0.39 is 17.4 Å². The van der Waals surface area contributed by atoms with Crippen molar-refractivity contribution in [1.29, 1.82) is 0 Å². The Morgan fingerprint density at radius 2 is 1.73 bits per heavy atom.